The van der Waals surface area contributed by atoms with Gasteiger partial charge in [0.25, 0.3) is 5.92 Å². The number of methoxy groups -OCH3 is 1. The van der Waals surface area contributed by atoms with E-state index < -0.39 is 30.8 Å². The van der Waals surface area contributed by atoms with Gasteiger partial charge in [-0.25, -0.2) is 8.78 Å². The maximum Gasteiger partial charge on any atom is 0.267 e. The van der Waals surface area contributed by atoms with Gasteiger partial charge in [0.1, 0.15) is 12.6 Å². The molecule has 0 saturated carbocycles. The number of halogens is 2. The minimum atomic E-state index is -3.00. The number of hydrogen-bond acceptors (Lipinski definition) is 6. The molecule has 0 spiro atoms. The first-order valence-corrected chi connectivity index (χ1v) is 6.90. The Morgan fingerprint density at radius 1 is 1.57 bits per heavy atom. The van der Waals surface area contributed by atoms with E-state index in [4.69, 9.17) is 9.26 Å². The number of ether oxygens (including phenoxy) is 1. The van der Waals surface area contributed by atoms with Crippen molar-refractivity contribution in [1.82, 2.24) is 20.0 Å². The number of carbonyl (C=O) groups excluding carboxylic acids is 1. The zero-order valence-electron chi connectivity index (χ0n) is 12.3. The Hall–Kier alpha value is -2.42. The van der Waals surface area contributed by atoms with Crippen LogP contribution >= 0.6 is 0 Å². The SMILES string of the molecule is COCC(=O)N1CC(F)(F)C[C@H]1c1nc(-c2cccnc2)no1. The van der Waals surface area contributed by atoms with Crippen molar-refractivity contribution in [1.29, 1.82) is 0 Å². The number of alkyl halides is 2. The van der Waals surface area contributed by atoms with Crippen LogP contribution in [-0.4, -0.2) is 52.1 Å². The van der Waals surface area contributed by atoms with Gasteiger partial charge in [-0.3, -0.25) is 9.78 Å². The molecule has 1 atom stereocenters. The second kappa shape index (κ2) is 5.99. The number of pyridine rings is 1. The topological polar surface area (TPSA) is 81.4 Å². The average molecular weight is 324 g/mol. The number of carbonyl (C=O) groups is 1. The van der Waals surface area contributed by atoms with Crippen LogP contribution in [0.25, 0.3) is 11.4 Å². The van der Waals surface area contributed by atoms with Crippen molar-refractivity contribution < 1.29 is 22.8 Å². The molecule has 2 aromatic heterocycles. The standard InChI is InChI=1S/C14H14F2N4O3/c1-22-7-11(21)20-8-14(15,16)5-10(20)13-18-12(19-23-13)9-3-2-4-17-6-9/h2-4,6,10H,5,7-8H2,1H3/t10-/m0/s1. The van der Waals surface area contributed by atoms with E-state index in [1.807, 2.05) is 0 Å². The molecule has 1 aliphatic rings. The summed E-state index contributed by atoms with van der Waals surface area (Å²) in [6.45, 7) is -0.972. The van der Waals surface area contributed by atoms with Crippen molar-refractivity contribution in [3.05, 3.63) is 30.4 Å². The zero-order chi connectivity index (χ0) is 16.4. The Balaban J connectivity index is 1.87. The van der Waals surface area contributed by atoms with E-state index in [1.54, 1.807) is 18.3 Å². The average Bonchev–Trinajstić information content (AvgIpc) is 3.12. The van der Waals surface area contributed by atoms with E-state index in [-0.39, 0.29) is 18.3 Å². The molecule has 1 amide bonds. The van der Waals surface area contributed by atoms with Gasteiger partial charge in [-0.05, 0) is 12.1 Å². The van der Waals surface area contributed by atoms with Gasteiger partial charge in [0.05, 0.1) is 6.54 Å². The third-order valence-corrected chi connectivity index (χ3v) is 3.50. The summed E-state index contributed by atoms with van der Waals surface area (Å²) in [6, 6.07) is 2.45. The fourth-order valence-electron chi connectivity index (χ4n) is 2.49. The summed E-state index contributed by atoms with van der Waals surface area (Å²) >= 11 is 0. The van der Waals surface area contributed by atoms with Crippen molar-refractivity contribution in [3.63, 3.8) is 0 Å². The number of likely N-dealkylation sites (tertiary alicyclic amines) is 1. The van der Waals surface area contributed by atoms with Gasteiger partial charge in [-0.15, -0.1) is 0 Å². The molecule has 3 heterocycles. The number of hydrogen-bond donors (Lipinski definition) is 0. The van der Waals surface area contributed by atoms with Crippen molar-refractivity contribution in [3.8, 4) is 11.4 Å². The molecule has 0 unspecified atom stereocenters. The summed E-state index contributed by atoms with van der Waals surface area (Å²) in [6.07, 6.45) is 2.57. The van der Waals surface area contributed by atoms with E-state index in [0.717, 1.165) is 4.90 Å². The zero-order valence-corrected chi connectivity index (χ0v) is 12.3. The molecule has 1 aliphatic heterocycles. The molecular weight excluding hydrogens is 310 g/mol. The number of nitrogens with zero attached hydrogens (tertiary/aromatic N) is 4. The minimum Gasteiger partial charge on any atom is -0.375 e. The van der Waals surface area contributed by atoms with Gasteiger partial charge in [-0.2, -0.15) is 4.98 Å². The van der Waals surface area contributed by atoms with Crippen molar-refractivity contribution in [2.75, 3.05) is 20.3 Å². The highest BCUT2D eigenvalue weighted by Crippen LogP contribution is 2.40. The van der Waals surface area contributed by atoms with Gasteiger partial charge >= 0.3 is 0 Å². The third kappa shape index (κ3) is 3.19. The third-order valence-electron chi connectivity index (χ3n) is 3.50. The summed E-state index contributed by atoms with van der Waals surface area (Å²) in [7, 11) is 1.33. The molecule has 2 aromatic rings. The van der Waals surface area contributed by atoms with E-state index in [2.05, 4.69) is 15.1 Å². The van der Waals surface area contributed by atoms with Gasteiger partial charge < -0.3 is 14.2 Å². The molecule has 1 saturated heterocycles. The van der Waals surface area contributed by atoms with Crippen LogP contribution < -0.4 is 0 Å². The Bertz CT molecular complexity index is 692. The molecule has 7 nitrogen and oxygen atoms in total. The molecule has 1 fully saturated rings. The van der Waals surface area contributed by atoms with E-state index >= 15 is 0 Å². The summed E-state index contributed by atoms with van der Waals surface area (Å²) in [4.78, 5) is 21.0. The highest BCUT2D eigenvalue weighted by molar-refractivity contribution is 5.78. The normalized spacial score (nSPS) is 20.0. The fraction of sp³-hybridized carbons (Fsp3) is 0.429. The fourth-order valence-corrected chi connectivity index (χ4v) is 2.49. The lowest BCUT2D eigenvalue weighted by Gasteiger charge is -2.20. The maximum absolute atomic E-state index is 13.7. The molecule has 0 aliphatic carbocycles. The highest BCUT2D eigenvalue weighted by atomic mass is 19.3. The van der Waals surface area contributed by atoms with E-state index in [0.29, 0.717) is 5.56 Å². The first kappa shape index (κ1) is 15.5. The van der Waals surface area contributed by atoms with Crippen molar-refractivity contribution in [2.24, 2.45) is 0 Å². The predicted octanol–water partition coefficient (Wildman–Crippen LogP) is 1.69. The van der Waals surface area contributed by atoms with Crippen LogP contribution in [0.15, 0.2) is 29.0 Å². The summed E-state index contributed by atoms with van der Waals surface area (Å²) in [5.41, 5.74) is 0.599. The molecule has 0 bridgehead atoms. The second-order valence-corrected chi connectivity index (χ2v) is 5.23. The molecule has 122 valence electrons. The van der Waals surface area contributed by atoms with E-state index in [1.165, 1.54) is 13.3 Å². The smallest absolute Gasteiger partial charge is 0.267 e. The van der Waals surface area contributed by atoms with Gasteiger partial charge in [0, 0.05) is 31.5 Å². The summed E-state index contributed by atoms with van der Waals surface area (Å²) in [5, 5.41) is 3.78. The summed E-state index contributed by atoms with van der Waals surface area (Å²) < 4.78 is 37.3. The lowest BCUT2D eigenvalue weighted by atomic mass is 10.2. The Morgan fingerprint density at radius 3 is 3.09 bits per heavy atom. The Labute approximate surface area is 130 Å². The van der Waals surface area contributed by atoms with Crippen LogP contribution in [0.5, 0.6) is 0 Å². The van der Waals surface area contributed by atoms with Crippen LogP contribution in [0.3, 0.4) is 0 Å². The number of aromatic nitrogens is 3. The van der Waals surface area contributed by atoms with Crippen LogP contribution in [-0.2, 0) is 9.53 Å². The molecular formula is C14H14F2N4O3. The van der Waals surface area contributed by atoms with Crippen LogP contribution in [0.4, 0.5) is 8.78 Å². The molecule has 3 rings (SSSR count). The van der Waals surface area contributed by atoms with Crippen molar-refractivity contribution >= 4 is 5.91 Å². The number of amides is 1. The molecule has 9 heteroatoms. The monoisotopic (exact) mass is 324 g/mol. The molecule has 0 aromatic carbocycles. The Morgan fingerprint density at radius 2 is 2.39 bits per heavy atom. The van der Waals surface area contributed by atoms with Gasteiger partial charge in [0.2, 0.25) is 17.6 Å². The van der Waals surface area contributed by atoms with Gasteiger partial charge in [-0.1, -0.05) is 5.16 Å². The lowest BCUT2D eigenvalue weighted by Crippen LogP contribution is -2.35. The van der Waals surface area contributed by atoms with Crippen LogP contribution in [0.1, 0.15) is 18.4 Å². The number of rotatable bonds is 4. The maximum atomic E-state index is 13.7. The molecule has 0 N–H and O–H groups in total. The predicted molar refractivity (Wildman–Crippen MR) is 73.4 cm³/mol. The highest BCUT2D eigenvalue weighted by Gasteiger charge is 2.49. The first-order valence-electron chi connectivity index (χ1n) is 6.90. The minimum absolute atomic E-state index is 0.0227. The van der Waals surface area contributed by atoms with Crippen LogP contribution in [0, 0.1) is 0 Å². The van der Waals surface area contributed by atoms with Crippen LogP contribution in [0.2, 0.25) is 0 Å². The first-order chi connectivity index (χ1) is 11.0. The lowest BCUT2D eigenvalue weighted by molar-refractivity contribution is -0.137. The van der Waals surface area contributed by atoms with E-state index in [9.17, 15) is 13.6 Å². The Kier molecular flexibility index (Phi) is 4.03. The molecule has 23 heavy (non-hydrogen) atoms. The second-order valence-electron chi connectivity index (χ2n) is 5.23. The van der Waals surface area contributed by atoms with Crippen molar-refractivity contribution in [2.45, 2.75) is 18.4 Å². The summed E-state index contributed by atoms with van der Waals surface area (Å²) in [5.74, 6) is -3.33. The van der Waals surface area contributed by atoms with Gasteiger partial charge in [0.15, 0.2) is 0 Å². The molecule has 0 radical (unpaired) electrons. The quantitative estimate of drug-likeness (QED) is 0.851. The largest absolute Gasteiger partial charge is 0.375 e.